The number of carbonyl (C=O) groups excluding carboxylic acids is 1. The van der Waals surface area contributed by atoms with E-state index in [9.17, 15) is 4.79 Å². The first kappa shape index (κ1) is 15.0. The van der Waals surface area contributed by atoms with Crippen LogP contribution in [0.2, 0.25) is 0 Å². The summed E-state index contributed by atoms with van der Waals surface area (Å²) in [6, 6.07) is 7.46. The highest BCUT2D eigenvalue weighted by atomic mass is 16.5. The molecule has 3 aromatic rings. The van der Waals surface area contributed by atoms with Gasteiger partial charge in [0.05, 0.1) is 17.1 Å². The molecule has 2 aromatic heterocycles. The molecule has 0 saturated heterocycles. The zero-order valence-electron chi connectivity index (χ0n) is 13.0. The third-order valence-electron chi connectivity index (χ3n) is 3.63. The number of aromatic nitrogens is 4. The third-order valence-corrected chi connectivity index (χ3v) is 3.63. The molecule has 0 spiro atoms. The molecular formula is C16H17N5O2. The Morgan fingerprint density at radius 3 is 2.83 bits per heavy atom. The molecule has 1 N–H and O–H groups in total. The van der Waals surface area contributed by atoms with E-state index in [4.69, 9.17) is 4.52 Å². The fourth-order valence-electron chi connectivity index (χ4n) is 2.42. The Morgan fingerprint density at radius 2 is 2.13 bits per heavy atom. The van der Waals surface area contributed by atoms with E-state index in [1.165, 1.54) is 6.33 Å². The van der Waals surface area contributed by atoms with Crippen LogP contribution in [-0.2, 0) is 11.2 Å². The first-order chi connectivity index (χ1) is 11.1. The second-order valence-electron chi connectivity index (χ2n) is 5.21. The number of nitrogens with one attached hydrogen (secondary N) is 1. The van der Waals surface area contributed by atoms with Gasteiger partial charge < -0.3 is 9.84 Å². The molecule has 1 aromatic carbocycles. The summed E-state index contributed by atoms with van der Waals surface area (Å²) in [5.74, 6) is 0.691. The molecule has 0 bridgehead atoms. The number of amides is 1. The molecule has 0 aliphatic rings. The molecule has 0 atom stereocenters. The molecular weight excluding hydrogens is 294 g/mol. The van der Waals surface area contributed by atoms with Crippen LogP contribution in [0.15, 0.2) is 41.4 Å². The Kier molecular flexibility index (Phi) is 4.18. The van der Waals surface area contributed by atoms with E-state index in [-0.39, 0.29) is 5.91 Å². The van der Waals surface area contributed by atoms with Crippen LogP contribution in [0.1, 0.15) is 23.4 Å². The lowest BCUT2D eigenvalue weighted by molar-refractivity contribution is -0.116. The first-order valence-electron chi connectivity index (χ1n) is 7.31. The van der Waals surface area contributed by atoms with Gasteiger partial charge in [-0.15, -0.1) is 0 Å². The van der Waals surface area contributed by atoms with E-state index in [0.717, 1.165) is 22.7 Å². The molecule has 3 rings (SSSR count). The second-order valence-corrected chi connectivity index (χ2v) is 5.21. The van der Waals surface area contributed by atoms with E-state index >= 15 is 0 Å². The lowest BCUT2D eigenvalue weighted by Gasteiger charge is -2.10. The van der Waals surface area contributed by atoms with Crippen LogP contribution >= 0.6 is 0 Å². The number of nitrogens with zero attached hydrogens (tertiary/aromatic N) is 4. The largest absolute Gasteiger partial charge is 0.361 e. The molecule has 7 nitrogen and oxygen atoms in total. The van der Waals surface area contributed by atoms with Crippen molar-refractivity contribution >= 4 is 11.6 Å². The number of carbonyl (C=O) groups is 1. The molecule has 0 fully saturated rings. The molecule has 0 aliphatic carbocycles. The van der Waals surface area contributed by atoms with Gasteiger partial charge in [-0.05, 0) is 32.4 Å². The summed E-state index contributed by atoms with van der Waals surface area (Å²) >= 11 is 0. The topological polar surface area (TPSA) is 85.8 Å². The Bertz CT molecular complexity index is 788. The lowest BCUT2D eigenvalue weighted by Crippen LogP contribution is -2.14. The van der Waals surface area contributed by atoms with E-state index in [1.807, 2.05) is 38.1 Å². The van der Waals surface area contributed by atoms with Gasteiger partial charge in [0.15, 0.2) is 0 Å². The van der Waals surface area contributed by atoms with Crippen LogP contribution in [0.4, 0.5) is 5.69 Å². The summed E-state index contributed by atoms with van der Waals surface area (Å²) in [6.45, 7) is 3.73. The number of hydrogen-bond donors (Lipinski definition) is 1. The van der Waals surface area contributed by atoms with Crippen LogP contribution in [-0.4, -0.2) is 25.8 Å². The third kappa shape index (κ3) is 3.28. The van der Waals surface area contributed by atoms with Gasteiger partial charge in [-0.1, -0.05) is 17.3 Å². The Balaban J connectivity index is 1.69. The van der Waals surface area contributed by atoms with Crippen molar-refractivity contribution in [2.24, 2.45) is 0 Å². The average molecular weight is 311 g/mol. The maximum atomic E-state index is 12.2. The van der Waals surface area contributed by atoms with Crippen LogP contribution in [0.3, 0.4) is 0 Å². The van der Waals surface area contributed by atoms with Gasteiger partial charge in [-0.2, -0.15) is 5.10 Å². The second kappa shape index (κ2) is 6.43. The summed E-state index contributed by atoms with van der Waals surface area (Å²) in [6.07, 6.45) is 4.00. The highest BCUT2D eigenvalue weighted by Gasteiger charge is 2.13. The fourth-order valence-corrected chi connectivity index (χ4v) is 2.42. The first-order valence-corrected chi connectivity index (χ1v) is 7.31. The highest BCUT2D eigenvalue weighted by molar-refractivity contribution is 5.92. The summed E-state index contributed by atoms with van der Waals surface area (Å²) < 4.78 is 6.73. The van der Waals surface area contributed by atoms with Crippen molar-refractivity contribution in [2.45, 2.75) is 26.7 Å². The molecule has 0 saturated carbocycles. The maximum absolute atomic E-state index is 12.2. The number of rotatable bonds is 5. The summed E-state index contributed by atoms with van der Waals surface area (Å²) in [5, 5.41) is 10.9. The van der Waals surface area contributed by atoms with Crippen molar-refractivity contribution in [2.75, 3.05) is 5.32 Å². The minimum Gasteiger partial charge on any atom is -0.361 e. The molecule has 23 heavy (non-hydrogen) atoms. The van der Waals surface area contributed by atoms with Gasteiger partial charge >= 0.3 is 0 Å². The number of para-hydroxylation sites is 2. The summed E-state index contributed by atoms with van der Waals surface area (Å²) in [5.41, 5.74) is 3.29. The van der Waals surface area contributed by atoms with Gasteiger partial charge in [-0.3, -0.25) is 4.79 Å². The number of anilines is 1. The molecule has 2 heterocycles. The molecule has 1 amide bonds. The molecule has 0 unspecified atom stereocenters. The van der Waals surface area contributed by atoms with Crippen LogP contribution in [0.5, 0.6) is 0 Å². The Morgan fingerprint density at radius 1 is 1.30 bits per heavy atom. The van der Waals surface area contributed by atoms with Gasteiger partial charge in [0, 0.05) is 12.0 Å². The minimum atomic E-state index is -0.0717. The summed E-state index contributed by atoms with van der Waals surface area (Å²) in [4.78, 5) is 16.2. The van der Waals surface area contributed by atoms with Crippen molar-refractivity contribution < 1.29 is 9.32 Å². The number of aryl methyl sites for hydroxylation is 2. The SMILES string of the molecule is Cc1noc(C)c1CCC(=O)Nc1ccccc1-n1cncn1. The van der Waals surface area contributed by atoms with Crippen LogP contribution < -0.4 is 5.32 Å². The number of hydrogen-bond acceptors (Lipinski definition) is 5. The Labute approximate surface area is 133 Å². The molecule has 0 radical (unpaired) electrons. The fraction of sp³-hybridized carbons (Fsp3) is 0.250. The van der Waals surface area contributed by atoms with Gasteiger partial charge in [-0.25, -0.2) is 9.67 Å². The van der Waals surface area contributed by atoms with Crippen molar-refractivity contribution in [1.82, 2.24) is 19.9 Å². The Hall–Kier alpha value is -2.96. The standard InChI is InChI=1S/C16H17N5O2/c1-11-13(12(2)23-20-11)7-8-16(22)19-14-5-3-4-6-15(14)21-10-17-9-18-21/h3-6,9-10H,7-8H2,1-2H3,(H,19,22). The predicted molar refractivity (Wildman–Crippen MR) is 84.3 cm³/mol. The quantitative estimate of drug-likeness (QED) is 0.782. The normalized spacial score (nSPS) is 10.7. The molecule has 7 heteroatoms. The van der Waals surface area contributed by atoms with Crippen molar-refractivity contribution in [3.8, 4) is 5.69 Å². The average Bonchev–Trinajstić information content (AvgIpc) is 3.17. The number of benzene rings is 1. The lowest BCUT2D eigenvalue weighted by atomic mass is 10.1. The van der Waals surface area contributed by atoms with E-state index in [2.05, 4.69) is 20.6 Å². The van der Waals surface area contributed by atoms with Gasteiger partial charge in [0.25, 0.3) is 0 Å². The molecule has 118 valence electrons. The zero-order chi connectivity index (χ0) is 16.2. The summed E-state index contributed by atoms with van der Waals surface area (Å²) in [7, 11) is 0. The minimum absolute atomic E-state index is 0.0717. The van der Waals surface area contributed by atoms with Gasteiger partial charge in [0.1, 0.15) is 18.4 Å². The smallest absolute Gasteiger partial charge is 0.224 e. The van der Waals surface area contributed by atoms with Crippen LogP contribution in [0, 0.1) is 13.8 Å². The highest BCUT2D eigenvalue weighted by Crippen LogP contribution is 2.20. The van der Waals surface area contributed by atoms with E-state index in [0.29, 0.717) is 18.5 Å². The van der Waals surface area contributed by atoms with E-state index < -0.39 is 0 Å². The maximum Gasteiger partial charge on any atom is 0.224 e. The monoisotopic (exact) mass is 311 g/mol. The predicted octanol–water partition coefficient (Wildman–Crippen LogP) is 2.44. The van der Waals surface area contributed by atoms with Crippen molar-refractivity contribution in [1.29, 1.82) is 0 Å². The van der Waals surface area contributed by atoms with E-state index in [1.54, 1.807) is 11.0 Å². The van der Waals surface area contributed by atoms with Crippen LogP contribution in [0.25, 0.3) is 5.69 Å². The van der Waals surface area contributed by atoms with Crippen molar-refractivity contribution in [3.63, 3.8) is 0 Å². The molecule has 0 aliphatic heterocycles. The zero-order valence-corrected chi connectivity index (χ0v) is 13.0. The van der Waals surface area contributed by atoms with Gasteiger partial charge in [0.2, 0.25) is 5.91 Å². The van der Waals surface area contributed by atoms with Crippen molar-refractivity contribution in [3.05, 3.63) is 53.9 Å².